The Labute approximate surface area is 101 Å². The SMILES string of the molecule is O=C(c1c(F)cccc1Br)N1CCOCC1. The molecule has 0 aromatic heterocycles. The molecular formula is C11H11BrFNO2. The second-order valence-corrected chi connectivity index (χ2v) is 4.36. The molecule has 0 spiro atoms. The Morgan fingerprint density at radius 2 is 2.06 bits per heavy atom. The molecule has 1 aromatic rings. The van der Waals surface area contributed by atoms with Gasteiger partial charge in [0.25, 0.3) is 5.91 Å². The minimum atomic E-state index is -0.495. The molecule has 5 heteroatoms. The Morgan fingerprint density at radius 3 is 2.69 bits per heavy atom. The zero-order chi connectivity index (χ0) is 11.5. The van der Waals surface area contributed by atoms with E-state index < -0.39 is 5.82 Å². The Hall–Kier alpha value is -0.940. The fraction of sp³-hybridized carbons (Fsp3) is 0.364. The summed E-state index contributed by atoms with van der Waals surface area (Å²) in [6, 6.07) is 4.52. The number of morpholine rings is 1. The van der Waals surface area contributed by atoms with E-state index in [9.17, 15) is 9.18 Å². The van der Waals surface area contributed by atoms with E-state index in [0.29, 0.717) is 30.8 Å². The van der Waals surface area contributed by atoms with Gasteiger partial charge in [0.15, 0.2) is 0 Å². The van der Waals surface area contributed by atoms with E-state index in [0.717, 1.165) is 0 Å². The van der Waals surface area contributed by atoms with Crippen molar-refractivity contribution < 1.29 is 13.9 Å². The number of hydrogen-bond acceptors (Lipinski definition) is 2. The maximum absolute atomic E-state index is 13.5. The molecule has 0 saturated carbocycles. The van der Waals surface area contributed by atoms with Crippen LogP contribution in [-0.4, -0.2) is 37.1 Å². The Balaban J connectivity index is 2.26. The third-order valence-electron chi connectivity index (χ3n) is 2.47. The van der Waals surface area contributed by atoms with Crippen LogP contribution in [0.15, 0.2) is 22.7 Å². The number of carbonyl (C=O) groups is 1. The van der Waals surface area contributed by atoms with Crippen molar-refractivity contribution in [3.8, 4) is 0 Å². The summed E-state index contributed by atoms with van der Waals surface area (Å²) < 4.78 is 19.2. The first-order valence-electron chi connectivity index (χ1n) is 5.01. The maximum atomic E-state index is 13.5. The van der Waals surface area contributed by atoms with Crippen LogP contribution < -0.4 is 0 Å². The van der Waals surface area contributed by atoms with Gasteiger partial charge in [-0.05, 0) is 28.1 Å². The first-order valence-corrected chi connectivity index (χ1v) is 5.80. The molecular weight excluding hydrogens is 277 g/mol. The minimum Gasteiger partial charge on any atom is -0.378 e. The molecule has 0 radical (unpaired) electrons. The monoisotopic (exact) mass is 287 g/mol. The standard InChI is InChI=1S/C11H11BrFNO2/c12-8-2-1-3-9(13)10(8)11(15)14-4-6-16-7-5-14/h1-3H,4-7H2. The third-order valence-corrected chi connectivity index (χ3v) is 3.14. The van der Waals surface area contributed by atoms with Crippen LogP contribution in [0.5, 0.6) is 0 Å². The van der Waals surface area contributed by atoms with Crippen LogP contribution in [-0.2, 0) is 4.74 Å². The molecule has 0 atom stereocenters. The molecule has 0 N–H and O–H groups in total. The normalized spacial score (nSPS) is 16.2. The lowest BCUT2D eigenvalue weighted by Gasteiger charge is -2.27. The van der Waals surface area contributed by atoms with Gasteiger partial charge in [0.1, 0.15) is 5.82 Å². The second-order valence-electron chi connectivity index (χ2n) is 3.50. The molecule has 1 fully saturated rings. The Kier molecular flexibility index (Phi) is 3.56. The highest BCUT2D eigenvalue weighted by Crippen LogP contribution is 2.21. The minimum absolute atomic E-state index is 0.101. The zero-order valence-corrected chi connectivity index (χ0v) is 10.2. The molecule has 3 nitrogen and oxygen atoms in total. The van der Waals surface area contributed by atoms with Gasteiger partial charge in [-0.25, -0.2) is 4.39 Å². The lowest BCUT2D eigenvalue weighted by atomic mass is 10.2. The summed E-state index contributed by atoms with van der Waals surface area (Å²) in [4.78, 5) is 13.6. The topological polar surface area (TPSA) is 29.5 Å². The van der Waals surface area contributed by atoms with E-state index in [1.165, 1.54) is 6.07 Å². The van der Waals surface area contributed by atoms with Gasteiger partial charge >= 0.3 is 0 Å². The summed E-state index contributed by atoms with van der Waals surface area (Å²) in [5.41, 5.74) is 0.101. The van der Waals surface area contributed by atoms with Crippen molar-refractivity contribution in [3.63, 3.8) is 0 Å². The highest BCUT2D eigenvalue weighted by molar-refractivity contribution is 9.10. The second kappa shape index (κ2) is 4.93. The Bertz CT molecular complexity index is 385. The number of ether oxygens (including phenoxy) is 1. The molecule has 1 aromatic carbocycles. The summed E-state index contributed by atoms with van der Waals surface area (Å²) in [6.45, 7) is 2.05. The molecule has 1 saturated heterocycles. The molecule has 0 aliphatic carbocycles. The highest BCUT2D eigenvalue weighted by Gasteiger charge is 2.23. The number of hydrogen-bond donors (Lipinski definition) is 0. The van der Waals surface area contributed by atoms with Crippen LogP contribution in [0.1, 0.15) is 10.4 Å². The smallest absolute Gasteiger partial charge is 0.258 e. The fourth-order valence-corrected chi connectivity index (χ4v) is 2.14. The zero-order valence-electron chi connectivity index (χ0n) is 8.58. The van der Waals surface area contributed by atoms with Crippen LogP contribution in [0.25, 0.3) is 0 Å². The van der Waals surface area contributed by atoms with Crippen molar-refractivity contribution in [2.45, 2.75) is 0 Å². The maximum Gasteiger partial charge on any atom is 0.258 e. The average Bonchev–Trinajstić information content (AvgIpc) is 2.30. The summed E-state index contributed by atoms with van der Waals surface area (Å²) >= 11 is 3.20. The molecule has 16 heavy (non-hydrogen) atoms. The van der Waals surface area contributed by atoms with E-state index in [1.807, 2.05) is 0 Å². The fourth-order valence-electron chi connectivity index (χ4n) is 1.63. The number of halogens is 2. The van der Waals surface area contributed by atoms with Gasteiger partial charge in [0, 0.05) is 17.6 Å². The van der Waals surface area contributed by atoms with Crippen LogP contribution in [0, 0.1) is 5.82 Å². The van der Waals surface area contributed by atoms with Gasteiger partial charge in [0.05, 0.1) is 18.8 Å². The van der Waals surface area contributed by atoms with Gasteiger partial charge < -0.3 is 9.64 Å². The molecule has 1 heterocycles. The number of rotatable bonds is 1. The van der Waals surface area contributed by atoms with Gasteiger partial charge in [-0.2, -0.15) is 0 Å². The lowest BCUT2D eigenvalue weighted by Crippen LogP contribution is -2.41. The van der Waals surface area contributed by atoms with Gasteiger partial charge in [-0.1, -0.05) is 6.07 Å². The molecule has 0 unspecified atom stereocenters. The van der Waals surface area contributed by atoms with E-state index in [1.54, 1.807) is 17.0 Å². The highest BCUT2D eigenvalue weighted by atomic mass is 79.9. The summed E-state index contributed by atoms with van der Waals surface area (Å²) in [7, 11) is 0. The molecule has 1 aliphatic rings. The largest absolute Gasteiger partial charge is 0.378 e. The van der Waals surface area contributed by atoms with E-state index in [2.05, 4.69) is 15.9 Å². The van der Waals surface area contributed by atoms with Crippen molar-refractivity contribution in [2.75, 3.05) is 26.3 Å². The van der Waals surface area contributed by atoms with E-state index in [4.69, 9.17) is 4.74 Å². The van der Waals surface area contributed by atoms with Gasteiger partial charge in [0.2, 0.25) is 0 Å². The number of amides is 1. The quantitative estimate of drug-likeness (QED) is 0.791. The average molecular weight is 288 g/mol. The van der Waals surface area contributed by atoms with Gasteiger partial charge in [-0.3, -0.25) is 4.79 Å². The van der Waals surface area contributed by atoms with Crippen LogP contribution in [0.2, 0.25) is 0 Å². The summed E-state index contributed by atoms with van der Waals surface area (Å²) in [5.74, 6) is -0.779. The predicted molar refractivity (Wildman–Crippen MR) is 60.8 cm³/mol. The molecule has 1 aliphatic heterocycles. The third kappa shape index (κ3) is 2.25. The van der Waals surface area contributed by atoms with E-state index in [-0.39, 0.29) is 11.5 Å². The lowest BCUT2D eigenvalue weighted by molar-refractivity contribution is 0.0299. The Morgan fingerprint density at radius 1 is 1.38 bits per heavy atom. The van der Waals surface area contributed by atoms with Crippen molar-refractivity contribution in [2.24, 2.45) is 0 Å². The predicted octanol–water partition coefficient (Wildman–Crippen LogP) is 2.06. The number of carbonyl (C=O) groups excluding carboxylic acids is 1. The number of benzene rings is 1. The molecule has 0 bridgehead atoms. The first-order chi connectivity index (χ1) is 7.70. The summed E-state index contributed by atoms with van der Waals surface area (Å²) in [6.07, 6.45) is 0. The molecule has 86 valence electrons. The van der Waals surface area contributed by atoms with Crippen molar-refractivity contribution in [1.82, 2.24) is 4.90 Å². The van der Waals surface area contributed by atoms with Crippen molar-refractivity contribution in [1.29, 1.82) is 0 Å². The number of nitrogens with zero attached hydrogens (tertiary/aromatic N) is 1. The summed E-state index contributed by atoms with van der Waals surface area (Å²) in [5, 5.41) is 0. The molecule has 1 amide bonds. The van der Waals surface area contributed by atoms with Crippen LogP contribution in [0.3, 0.4) is 0 Å². The van der Waals surface area contributed by atoms with Crippen LogP contribution in [0.4, 0.5) is 4.39 Å². The van der Waals surface area contributed by atoms with Crippen molar-refractivity contribution >= 4 is 21.8 Å². The van der Waals surface area contributed by atoms with Crippen LogP contribution >= 0.6 is 15.9 Å². The first kappa shape index (κ1) is 11.5. The van der Waals surface area contributed by atoms with Gasteiger partial charge in [-0.15, -0.1) is 0 Å². The molecule has 2 rings (SSSR count). The van der Waals surface area contributed by atoms with E-state index >= 15 is 0 Å². The van der Waals surface area contributed by atoms with Crippen molar-refractivity contribution in [3.05, 3.63) is 34.1 Å².